The Morgan fingerprint density at radius 3 is 2.08 bits per heavy atom. The highest BCUT2D eigenvalue weighted by atomic mass is 16.5. The Morgan fingerprint density at radius 1 is 1.04 bits per heavy atom. The van der Waals surface area contributed by atoms with E-state index in [0.717, 1.165) is 11.1 Å². The fourth-order valence-corrected chi connectivity index (χ4v) is 2.09. The maximum atomic E-state index is 11.8. The van der Waals surface area contributed by atoms with E-state index in [4.69, 9.17) is 10.00 Å². The number of hydrogen-bond acceptors (Lipinski definition) is 3. The third-order valence-corrected chi connectivity index (χ3v) is 3.96. The molecule has 0 radical (unpaired) electrons. The van der Waals surface area contributed by atoms with Crippen LogP contribution in [0.1, 0.15) is 26.3 Å². The van der Waals surface area contributed by atoms with Gasteiger partial charge in [-0.25, -0.2) is 0 Å². The largest absolute Gasteiger partial charge is 0.484 e. The smallest absolute Gasteiger partial charge is 0.258 e. The number of rotatable bonds is 6. The quantitative estimate of drug-likeness (QED) is 0.880. The molecule has 2 aromatic rings. The number of benzene rings is 2. The number of nitriles is 1. The summed E-state index contributed by atoms with van der Waals surface area (Å²) in [6.45, 7) is 6.11. The first kappa shape index (κ1) is 17.6. The average molecular weight is 322 g/mol. The van der Waals surface area contributed by atoms with Gasteiger partial charge < -0.3 is 10.1 Å². The molecule has 24 heavy (non-hydrogen) atoms. The zero-order chi connectivity index (χ0) is 17.5. The topological polar surface area (TPSA) is 62.1 Å². The molecule has 1 unspecified atom stereocenters. The Bertz CT molecular complexity index is 713. The summed E-state index contributed by atoms with van der Waals surface area (Å²) in [5, 5.41) is 11.7. The lowest BCUT2D eigenvalue weighted by Crippen LogP contribution is -2.38. The minimum absolute atomic E-state index is 0.00722. The number of hydrogen-bond donors (Lipinski definition) is 1. The molecule has 0 saturated heterocycles. The summed E-state index contributed by atoms with van der Waals surface area (Å²) >= 11 is 0. The fraction of sp³-hybridized carbons (Fsp3) is 0.300. The molecule has 2 rings (SSSR count). The van der Waals surface area contributed by atoms with Crippen molar-refractivity contribution < 1.29 is 9.53 Å². The van der Waals surface area contributed by atoms with Crippen LogP contribution in [0.2, 0.25) is 0 Å². The van der Waals surface area contributed by atoms with E-state index in [2.05, 4.69) is 25.2 Å². The van der Waals surface area contributed by atoms with Crippen LogP contribution in [0.25, 0.3) is 11.1 Å². The van der Waals surface area contributed by atoms with E-state index in [1.165, 1.54) is 0 Å². The molecule has 4 heteroatoms. The number of ether oxygens (including phenoxy) is 1. The van der Waals surface area contributed by atoms with Crippen LogP contribution in [-0.2, 0) is 4.79 Å². The summed E-state index contributed by atoms with van der Waals surface area (Å²) in [4.78, 5) is 11.8. The molecule has 1 amide bonds. The van der Waals surface area contributed by atoms with Crippen molar-refractivity contribution in [3.63, 3.8) is 0 Å². The van der Waals surface area contributed by atoms with Crippen molar-refractivity contribution in [2.75, 3.05) is 6.61 Å². The molecular weight excluding hydrogens is 300 g/mol. The molecule has 0 aromatic heterocycles. The van der Waals surface area contributed by atoms with Gasteiger partial charge in [0.25, 0.3) is 5.91 Å². The zero-order valence-electron chi connectivity index (χ0n) is 14.2. The van der Waals surface area contributed by atoms with E-state index in [0.29, 0.717) is 17.2 Å². The molecule has 1 N–H and O–H groups in total. The fourth-order valence-electron chi connectivity index (χ4n) is 2.09. The second-order valence-corrected chi connectivity index (χ2v) is 6.10. The molecule has 0 aliphatic rings. The van der Waals surface area contributed by atoms with Gasteiger partial charge in [-0.05, 0) is 48.2 Å². The maximum Gasteiger partial charge on any atom is 0.258 e. The highest BCUT2D eigenvalue weighted by Gasteiger charge is 2.11. The molecule has 124 valence electrons. The Kier molecular flexibility index (Phi) is 5.97. The van der Waals surface area contributed by atoms with Crippen molar-refractivity contribution in [3.8, 4) is 22.9 Å². The van der Waals surface area contributed by atoms with E-state index < -0.39 is 0 Å². The van der Waals surface area contributed by atoms with Crippen molar-refractivity contribution in [1.82, 2.24) is 5.32 Å². The van der Waals surface area contributed by atoms with Crippen molar-refractivity contribution >= 4 is 5.91 Å². The van der Waals surface area contributed by atoms with E-state index in [9.17, 15) is 4.79 Å². The zero-order valence-corrected chi connectivity index (χ0v) is 14.2. The second kappa shape index (κ2) is 8.16. The molecule has 0 saturated carbocycles. The minimum atomic E-state index is -0.118. The van der Waals surface area contributed by atoms with Crippen LogP contribution in [-0.4, -0.2) is 18.6 Å². The summed E-state index contributed by atoms with van der Waals surface area (Å²) in [6, 6.07) is 17.2. The van der Waals surface area contributed by atoms with Crippen LogP contribution in [0, 0.1) is 17.2 Å². The molecule has 0 bridgehead atoms. The van der Waals surface area contributed by atoms with Gasteiger partial charge >= 0.3 is 0 Å². The Labute approximate surface area is 143 Å². The first-order valence-corrected chi connectivity index (χ1v) is 8.02. The molecule has 4 nitrogen and oxygen atoms in total. The molecular formula is C20H22N2O2. The third-order valence-electron chi connectivity index (χ3n) is 3.96. The molecule has 2 aromatic carbocycles. The van der Waals surface area contributed by atoms with Crippen LogP contribution in [0.3, 0.4) is 0 Å². The van der Waals surface area contributed by atoms with Gasteiger partial charge in [-0.15, -0.1) is 0 Å². The lowest BCUT2D eigenvalue weighted by molar-refractivity contribution is -0.124. The van der Waals surface area contributed by atoms with Crippen LogP contribution >= 0.6 is 0 Å². The van der Waals surface area contributed by atoms with Gasteiger partial charge in [0.05, 0.1) is 11.6 Å². The van der Waals surface area contributed by atoms with E-state index in [1.54, 1.807) is 12.1 Å². The summed E-state index contributed by atoms with van der Waals surface area (Å²) in [6.07, 6.45) is 0. The van der Waals surface area contributed by atoms with Gasteiger partial charge in [0.1, 0.15) is 5.75 Å². The molecule has 0 fully saturated rings. The lowest BCUT2D eigenvalue weighted by atomic mass is 10.0. The van der Waals surface area contributed by atoms with E-state index in [1.807, 2.05) is 43.3 Å². The van der Waals surface area contributed by atoms with Gasteiger partial charge in [-0.2, -0.15) is 5.26 Å². The number of nitrogens with zero attached hydrogens (tertiary/aromatic N) is 1. The van der Waals surface area contributed by atoms with Gasteiger partial charge in [0.15, 0.2) is 6.61 Å². The first-order chi connectivity index (χ1) is 11.5. The van der Waals surface area contributed by atoms with E-state index in [-0.39, 0.29) is 18.6 Å². The predicted octanol–water partition coefficient (Wildman–Crippen LogP) is 3.76. The Morgan fingerprint density at radius 2 is 1.58 bits per heavy atom. The van der Waals surface area contributed by atoms with Gasteiger partial charge in [0, 0.05) is 6.04 Å². The van der Waals surface area contributed by atoms with Crippen molar-refractivity contribution in [2.24, 2.45) is 5.92 Å². The molecule has 0 spiro atoms. The lowest BCUT2D eigenvalue weighted by Gasteiger charge is -2.17. The summed E-state index contributed by atoms with van der Waals surface area (Å²) in [5.74, 6) is 0.924. The SMILES string of the molecule is CC(C)C(C)NC(=O)COc1ccc(-c2ccc(C#N)cc2)cc1. The summed E-state index contributed by atoms with van der Waals surface area (Å²) in [5.41, 5.74) is 2.70. The standard InChI is InChI=1S/C20H22N2O2/c1-14(2)15(3)22-20(23)13-24-19-10-8-18(9-11-19)17-6-4-16(12-21)5-7-17/h4-11,14-15H,13H2,1-3H3,(H,22,23). The summed E-state index contributed by atoms with van der Waals surface area (Å²) < 4.78 is 5.52. The van der Waals surface area contributed by atoms with Crippen LogP contribution in [0.15, 0.2) is 48.5 Å². The average Bonchev–Trinajstić information content (AvgIpc) is 2.60. The minimum Gasteiger partial charge on any atom is -0.484 e. The van der Waals surface area contributed by atoms with Crippen LogP contribution in [0.4, 0.5) is 0 Å². The van der Waals surface area contributed by atoms with E-state index >= 15 is 0 Å². The molecule has 0 aliphatic heterocycles. The van der Waals surface area contributed by atoms with Crippen molar-refractivity contribution in [3.05, 3.63) is 54.1 Å². The highest BCUT2D eigenvalue weighted by molar-refractivity contribution is 5.77. The van der Waals surface area contributed by atoms with Crippen LogP contribution < -0.4 is 10.1 Å². The molecule has 0 heterocycles. The third kappa shape index (κ3) is 4.85. The predicted molar refractivity (Wildman–Crippen MR) is 94.5 cm³/mol. The second-order valence-electron chi connectivity index (χ2n) is 6.10. The molecule has 0 aliphatic carbocycles. The van der Waals surface area contributed by atoms with Crippen molar-refractivity contribution in [2.45, 2.75) is 26.8 Å². The molecule has 1 atom stereocenters. The first-order valence-electron chi connectivity index (χ1n) is 8.02. The monoisotopic (exact) mass is 322 g/mol. The van der Waals surface area contributed by atoms with Gasteiger partial charge in [-0.3, -0.25) is 4.79 Å². The number of nitrogens with one attached hydrogen (secondary N) is 1. The van der Waals surface area contributed by atoms with Crippen LogP contribution in [0.5, 0.6) is 5.75 Å². The van der Waals surface area contributed by atoms with Gasteiger partial charge in [0.2, 0.25) is 0 Å². The number of carbonyl (C=O) groups is 1. The maximum absolute atomic E-state index is 11.8. The number of amides is 1. The Hall–Kier alpha value is -2.80. The highest BCUT2D eigenvalue weighted by Crippen LogP contribution is 2.22. The Balaban J connectivity index is 1.92. The van der Waals surface area contributed by atoms with Crippen molar-refractivity contribution in [1.29, 1.82) is 5.26 Å². The number of carbonyl (C=O) groups excluding carboxylic acids is 1. The normalized spacial score (nSPS) is 11.6. The summed E-state index contributed by atoms with van der Waals surface area (Å²) in [7, 11) is 0. The van der Waals surface area contributed by atoms with Gasteiger partial charge in [-0.1, -0.05) is 38.1 Å².